The number of benzene rings is 1. The van der Waals surface area contributed by atoms with Gasteiger partial charge in [0.2, 0.25) is 0 Å². The molecule has 0 aliphatic carbocycles. The fourth-order valence-corrected chi connectivity index (χ4v) is 2.79. The molecular formula is C14H14ClNO7S. The molecule has 8 nitrogen and oxygen atoms in total. The van der Waals surface area contributed by atoms with Crippen LogP contribution < -0.4 is 5.32 Å². The Hall–Kier alpha value is -2.10. The van der Waals surface area contributed by atoms with Gasteiger partial charge < -0.3 is 14.8 Å². The van der Waals surface area contributed by atoms with Gasteiger partial charge in [-0.1, -0.05) is 11.6 Å². The fraction of sp³-hybridized carbons (Fsp3) is 0.286. The SMILES string of the molecule is Cc1cc(S(=O)(=O)O)c(NC=C2C(=O)OC(C)(C)OC2=O)cc1Cl. The summed E-state index contributed by atoms with van der Waals surface area (Å²) in [4.78, 5) is 23.2. The van der Waals surface area contributed by atoms with Crippen LogP contribution in [-0.4, -0.2) is 30.7 Å². The van der Waals surface area contributed by atoms with Gasteiger partial charge in [0.1, 0.15) is 4.90 Å². The van der Waals surface area contributed by atoms with Crippen molar-refractivity contribution in [2.45, 2.75) is 31.5 Å². The second kappa shape index (κ2) is 6.08. The number of esters is 2. The predicted octanol–water partition coefficient (Wildman–Crippen LogP) is 2.03. The number of ether oxygens (including phenoxy) is 2. The number of carbonyl (C=O) groups is 2. The van der Waals surface area contributed by atoms with E-state index < -0.39 is 38.3 Å². The van der Waals surface area contributed by atoms with Gasteiger partial charge in [-0.3, -0.25) is 4.55 Å². The quantitative estimate of drug-likeness (QED) is 0.356. The Balaban J connectivity index is 2.40. The molecule has 2 rings (SSSR count). The van der Waals surface area contributed by atoms with Gasteiger partial charge in [0.25, 0.3) is 15.9 Å². The molecule has 1 saturated heterocycles. The number of carbonyl (C=O) groups excluding carboxylic acids is 2. The van der Waals surface area contributed by atoms with Crippen LogP contribution in [0.5, 0.6) is 0 Å². The van der Waals surface area contributed by atoms with E-state index in [1.807, 2.05) is 0 Å². The highest BCUT2D eigenvalue weighted by Gasteiger charge is 2.39. The maximum atomic E-state index is 11.8. The van der Waals surface area contributed by atoms with Crippen LogP contribution in [0.15, 0.2) is 28.8 Å². The minimum atomic E-state index is -4.55. The molecule has 1 aromatic carbocycles. The van der Waals surface area contributed by atoms with Gasteiger partial charge in [-0.25, -0.2) is 9.59 Å². The highest BCUT2D eigenvalue weighted by Crippen LogP contribution is 2.29. The topological polar surface area (TPSA) is 119 Å². The average Bonchev–Trinajstić information content (AvgIpc) is 2.38. The van der Waals surface area contributed by atoms with E-state index in [2.05, 4.69) is 5.32 Å². The van der Waals surface area contributed by atoms with Crippen LogP contribution in [0.2, 0.25) is 5.02 Å². The molecule has 0 aromatic heterocycles. The summed E-state index contributed by atoms with van der Waals surface area (Å²) in [6, 6.07) is 2.39. The lowest BCUT2D eigenvalue weighted by Gasteiger charge is -2.29. The lowest BCUT2D eigenvalue weighted by Crippen LogP contribution is -2.42. The molecule has 2 N–H and O–H groups in total. The third kappa shape index (κ3) is 3.86. The normalized spacial score (nSPS) is 17.1. The lowest BCUT2D eigenvalue weighted by molar-refractivity contribution is -0.222. The number of rotatable bonds is 3. The minimum absolute atomic E-state index is 0.119. The van der Waals surface area contributed by atoms with Crippen LogP contribution in [0.25, 0.3) is 0 Å². The molecule has 0 bridgehead atoms. The molecule has 0 radical (unpaired) electrons. The molecule has 1 aliphatic heterocycles. The zero-order valence-corrected chi connectivity index (χ0v) is 14.5. The van der Waals surface area contributed by atoms with Crippen molar-refractivity contribution in [1.29, 1.82) is 0 Å². The van der Waals surface area contributed by atoms with E-state index in [4.69, 9.17) is 21.1 Å². The molecule has 1 fully saturated rings. The van der Waals surface area contributed by atoms with Crippen LogP contribution in [0.1, 0.15) is 19.4 Å². The molecule has 1 aromatic rings. The summed E-state index contributed by atoms with van der Waals surface area (Å²) < 4.78 is 42.0. The van der Waals surface area contributed by atoms with Crippen molar-refractivity contribution in [3.8, 4) is 0 Å². The van der Waals surface area contributed by atoms with Crippen LogP contribution in [0, 0.1) is 6.92 Å². The second-order valence-corrected chi connectivity index (χ2v) is 7.25. The summed E-state index contributed by atoms with van der Waals surface area (Å²) in [6.07, 6.45) is 0.926. The molecule has 0 saturated carbocycles. The third-order valence-corrected chi connectivity index (χ3v) is 4.33. The Bertz CT molecular complexity index is 836. The summed E-state index contributed by atoms with van der Waals surface area (Å²) >= 11 is 5.93. The van der Waals surface area contributed by atoms with Crippen LogP contribution in [0.4, 0.5) is 5.69 Å². The number of cyclic esters (lactones) is 2. The summed E-state index contributed by atoms with van der Waals surface area (Å²) in [6.45, 7) is 4.34. The first kappa shape index (κ1) is 18.2. The van der Waals surface area contributed by atoms with E-state index in [-0.39, 0.29) is 10.7 Å². The number of anilines is 1. The first-order chi connectivity index (χ1) is 10.9. The van der Waals surface area contributed by atoms with Crippen molar-refractivity contribution in [3.63, 3.8) is 0 Å². The molecular weight excluding hydrogens is 362 g/mol. The Morgan fingerprint density at radius 2 is 1.75 bits per heavy atom. The Labute approximate surface area is 143 Å². The van der Waals surface area contributed by atoms with E-state index in [9.17, 15) is 22.6 Å². The van der Waals surface area contributed by atoms with Gasteiger partial charge in [-0.15, -0.1) is 0 Å². The fourth-order valence-electron chi connectivity index (χ4n) is 1.91. The van der Waals surface area contributed by atoms with Gasteiger partial charge in [-0.05, 0) is 24.6 Å². The lowest BCUT2D eigenvalue weighted by atomic mass is 10.2. The zero-order chi connectivity index (χ0) is 18.3. The first-order valence-electron chi connectivity index (χ1n) is 6.62. The first-order valence-corrected chi connectivity index (χ1v) is 8.43. The predicted molar refractivity (Wildman–Crippen MR) is 84.0 cm³/mol. The summed E-state index contributed by atoms with van der Waals surface area (Å²) in [5.74, 6) is -3.26. The van der Waals surface area contributed by atoms with E-state index >= 15 is 0 Å². The van der Waals surface area contributed by atoms with E-state index in [0.29, 0.717) is 5.56 Å². The number of hydrogen-bond donors (Lipinski definition) is 2. The number of halogens is 1. The average molecular weight is 376 g/mol. The van der Waals surface area contributed by atoms with Gasteiger partial charge >= 0.3 is 11.9 Å². The van der Waals surface area contributed by atoms with Crippen LogP contribution in [-0.2, 0) is 29.2 Å². The van der Waals surface area contributed by atoms with E-state index in [0.717, 1.165) is 12.3 Å². The van der Waals surface area contributed by atoms with Gasteiger partial charge in [0.05, 0.1) is 5.69 Å². The summed E-state index contributed by atoms with van der Waals surface area (Å²) in [5, 5.41) is 2.68. The second-order valence-electron chi connectivity index (χ2n) is 5.45. The monoisotopic (exact) mass is 375 g/mol. The molecule has 130 valence electrons. The maximum absolute atomic E-state index is 11.8. The van der Waals surface area contributed by atoms with E-state index in [1.165, 1.54) is 19.9 Å². The number of aryl methyl sites for hydroxylation is 1. The molecule has 0 amide bonds. The van der Waals surface area contributed by atoms with Crippen molar-refractivity contribution < 1.29 is 32.0 Å². The molecule has 0 unspecified atom stereocenters. The van der Waals surface area contributed by atoms with Gasteiger partial charge in [0.15, 0.2) is 5.57 Å². The third-order valence-electron chi connectivity index (χ3n) is 3.03. The van der Waals surface area contributed by atoms with Crippen molar-refractivity contribution in [1.82, 2.24) is 0 Å². The van der Waals surface area contributed by atoms with Gasteiger partial charge in [-0.2, -0.15) is 8.42 Å². The van der Waals surface area contributed by atoms with Crippen molar-refractivity contribution in [2.75, 3.05) is 5.32 Å². The number of hydrogen-bond acceptors (Lipinski definition) is 7. The highest BCUT2D eigenvalue weighted by atomic mass is 35.5. The summed E-state index contributed by atoms with van der Waals surface area (Å²) in [5.41, 5.74) is -0.168. The van der Waals surface area contributed by atoms with Crippen molar-refractivity contribution >= 4 is 39.3 Å². The molecule has 0 spiro atoms. The van der Waals surface area contributed by atoms with Crippen molar-refractivity contribution in [2.24, 2.45) is 0 Å². The molecule has 10 heteroatoms. The minimum Gasteiger partial charge on any atom is -0.419 e. The number of nitrogens with one attached hydrogen (secondary N) is 1. The van der Waals surface area contributed by atoms with Crippen LogP contribution >= 0.6 is 11.6 Å². The van der Waals surface area contributed by atoms with E-state index in [1.54, 1.807) is 6.92 Å². The standard InChI is InChI=1S/C14H14ClNO7S/c1-7-4-11(24(19,20)21)10(5-9(7)15)16-6-8-12(17)22-14(2,3)23-13(8)18/h4-6,16H,1-3H3,(H,19,20,21). The van der Waals surface area contributed by atoms with Crippen molar-refractivity contribution in [3.05, 3.63) is 34.5 Å². The Morgan fingerprint density at radius 1 is 1.21 bits per heavy atom. The maximum Gasteiger partial charge on any atom is 0.350 e. The molecule has 1 heterocycles. The zero-order valence-electron chi connectivity index (χ0n) is 12.9. The Kier molecular flexibility index (Phi) is 4.62. The largest absolute Gasteiger partial charge is 0.419 e. The van der Waals surface area contributed by atoms with Crippen LogP contribution in [0.3, 0.4) is 0 Å². The molecule has 24 heavy (non-hydrogen) atoms. The highest BCUT2D eigenvalue weighted by molar-refractivity contribution is 7.86. The Morgan fingerprint density at radius 3 is 2.25 bits per heavy atom. The summed E-state index contributed by atoms with van der Waals surface area (Å²) in [7, 11) is -4.55. The smallest absolute Gasteiger partial charge is 0.350 e. The molecule has 0 atom stereocenters. The molecule has 1 aliphatic rings. The van der Waals surface area contributed by atoms with Gasteiger partial charge in [0, 0.05) is 25.1 Å².